The maximum absolute atomic E-state index is 14.2. The van der Waals surface area contributed by atoms with Gasteiger partial charge in [-0.1, -0.05) is 30.3 Å². The summed E-state index contributed by atoms with van der Waals surface area (Å²) in [6.45, 7) is 0.426. The molecule has 0 spiro atoms. The Kier molecular flexibility index (Phi) is 18.8. The van der Waals surface area contributed by atoms with Gasteiger partial charge in [-0.2, -0.15) is 0 Å². The summed E-state index contributed by atoms with van der Waals surface area (Å²) in [6.07, 6.45) is -3.22. The Hall–Kier alpha value is -7.59. The second kappa shape index (κ2) is 23.9. The van der Waals surface area contributed by atoms with Crippen molar-refractivity contribution < 1.29 is 72.4 Å². The SMILES string of the molecule is CCOC(=O)NC(CC(=O)O)C(=O)NC(CCC(=O)O)C(=O)NCC(=O)NC(Cc1cccc(F)c1)C(=O)NC(Cc1c[nH]c2ccccc12)C(=O)NC(CCC(=O)O)C(N)=O. The van der Waals surface area contributed by atoms with Crippen LogP contribution in [0, 0.1) is 5.82 Å². The van der Waals surface area contributed by atoms with E-state index in [-0.39, 0.29) is 31.4 Å². The van der Waals surface area contributed by atoms with Crippen LogP contribution in [0.4, 0.5) is 9.18 Å². The van der Waals surface area contributed by atoms with Gasteiger partial charge in [0.15, 0.2) is 0 Å². The first-order chi connectivity index (χ1) is 29.4. The Balaban J connectivity index is 1.86. The minimum Gasteiger partial charge on any atom is -0.481 e. The number of nitrogens with two attached hydrogens (primary N) is 1. The molecule has 1 heterocycles. The van der Waals surface area contributed by atoms with Gasteiger partial charge >= 0.3 is 24.0 Å². The van der Waals surface area contributed by atoms with E-state index in [0.29, 0.717) is 16.5 Å². The Morgan fingerprint density at radius 2 is 1.29 bits per heavy atom. The number of hydrogen-bond acceptors (Lipinski definition) is 11. The van der Waals surface area contributed by atoms with E-state index in [1.165, 1.54) is 19.1 Å². The summed E-state index contributed by atoms with van der Waals surface area (Å²) in [5.41, 5.74) is 6.85. The molecule has 0 aliphatic rings. The molecule has 3 rings (SSSR count). The predicted octanol–water partition coefficient (Wildman–Crippen LogP) is -1.05. The van der Waals surface area contributed by atoms with Gasteiger partial charge in [0.1, 0.15) is 36.0 Å². The van der Waals surface area contributed by atoms with Crippen LogP contribution in [-0.4, -0.2) is 123 Å². The van der Waals surface area contributed by atoms with E-state index in [1.54, 1.807) is 30.5 Å². The number of H-pyrrole nitrogens is 1. The number of primary amides is 1. The third-order valence-electron chi connectivity index (χ3n) is 8.99. The number of ether oxygens (including phenoxy) is 1. The topological polar surface area (TPSA) is 355 Å². The van der Waals surface area contributed by atoms with E-state index in [0.717, 1.165) is 12.1 Å². The van der Waals surface area contributed by atoms with Crippen LogP contribution >= 0.6 is 0 Å². The summed E-state index contributed by atoms with van der Waals surface area (Å²) in [7, 11) is 0. The van der Waals surface area contributed by atoms with Gasteiger partial charge in [-0.15, -0.1) is 0 Å². The molecular weight excluding hydrogens is 823 g/mol. The zero-order valence-electron chi connectivity index (χ0n) is 33.2. The molecule has 7 amide bonds. The molecule has 2 aromatic carbocycles. The molecule has 0 radical (unpaired) electrons. The Labute approximate surface area is 351 Å². The molecule has 5 atom stereocenters. The third-order valence-corrected chi connectivity index (χ3v) is 8.99. The lowest BCUT2D eigenvalue weighted by Crippen LogP contribution is -2.58. The fourth-order valence-electron chi connectivity index (χ4n) is 5.98. The van der Waals surface area contributed by atoms with Gasteiger partial charge in [0, 0.05) is 42.8 Å². The number of amides is 7. The second-order valence-electron chi connectivity index (χ2n) is 13.7. The molecule has 62 heavy (non-hydrogen) atoms. The fourth-order valence-corrected chi connectivity index (χ4v) is 5.98. The van der Waals surface area contributed by atoms with Crippen molar-refractivity contribution in [3.8, 4) is 0 Å². The number of nitrogens with one attached hydrogen (secondary N) is 7. The molecule has 0 bridgehead atoms. The molecular formula is C39H47FN8O14. The van der Waals surface area contributed by atoms with Crippen molar-refractivity contribution in [1.29, 1.82) is 0 Å². The van der Waals surface area contributed by atoms with E-state index in [1.807, 2.05) is 5.32 Å². The summed E-state index contributed by atoms with van der Waals surface area (Å²) in [4.78, 5) is 128. The maximum Gasteiger partial charge on any atom is 0.407 e. The zero-order valence-corrected chi connectivity index (χ0v) is 33.2. The highest BCUT2D eigenvalue weighted by Gasteiger charge is 2.32. The van der Waals surface area contributed by atoms with Crippen molar-refractivity contribution in [1.82, 2.24) is 36.9 Å². The van der Waals surface area contributed by atoms with Gasteiger partial charge in [-0.05, 0) is 49.1 Å². The van der Waals surface area contributed by atoms with Crippen molar-refractivity contribution in [3.63, 3.8) is 0 Å². The highest BCUT2D eigenvalue weighted by molar-refractivity contribution is 5.97. The lowest BCUT2D eigenvalue weighted by atomic mass is 10.0. The van der Waals surface area contributed by atoms with Crippen LogP contribution in [0.2, 0.25) is 0 Å². The molecule has 0 saturated heterocycles. The summed E-state index contributed by atoms with van der Waals surface area (Å²) in [5.74, 6) is -11.2. The molecule has 0 saturated carbocycles. The molecule has 12 N–H and O–H groups in total. The van der Waals surface area contributed by atoms with E-state index < -0.39 is 128 Å². The van der Waals surface area contributed by atoms with Crippen LogP contribution in [0.1, 0.15) is 50.2 Å². The predicted molar refractivity (Wildman–Crippen MR) is 212 cm³/mol. The molecule has 0 aliphatic carbocycles. The van der Waals surface area contributed by atoms with Crippen molar-refractivity contribution in [3.05, 3.63) is 71.7 Å². The van der Waals surface area contributed by atoms with Crippen molar-refractivity contribution in [2.75, 3.05) is 13.2 Å². The molecule has 5 unspecified atom stereocenters. The molecule has 0 aliphatic heterocycles. The van der Waals surface area contributed by atoms with E-state index in [2.05, 4.69) is 36.3 Å². The number of alkyl carbamates (subject to hydrolysis) is 1. The van der Waals surface area contributed by atoms with Crippen LogP contribution in [0.15, 0.2) is 54.7 Å². The molecule has 1 aromatic heterocycles. The largest absolute Gasteiger partial charge is 0.481 e. The third kappa shape index (κ3) is 16.2. The number of halogens is 1. The number of benzene rings is 2. The second-order valence-corrected chi connectivity index (χ2v) is 13.7. The highest BCUT2D eigenvalue weighted by atomic mass is 19.1. The number of carbonyl (C=O) groups excluding carboxylic acids is 7. The first-order valence-electron chi connectivity index (χ1n) is 19.0. The van der Waals surface area contributed by atoms with Gasteiger partial charge in [0.25, 0.3) is 0 Å². The average molecular weight is 871 g/mol. The average Bonchev–Trinajstić information content (AvgIpc) is 3.61. The maximum atomic E-state index is 14.2. The number of rotatable bonds is 25. The van der Waals surface area contributed by atoms with E-state index in [4.69, 9.17) is 10.8 Å². The number of para-hydroxylation sites is 1. The molecule has 22 nitrogen and oxygen atoms in total. The number of aliphatic carboxylic acids is 3. The molecule has 334 valence electrons. The minimum atomic E-state index is -1.76. The first kappa shape index (κ1) is 48.8. The Morgan fingerprint density at radius 3 is 1.90 bits per heavy atom. The lowest BCUT2D eigenvalue weighted by molar-refractivity contribution is -0.140. The van der Waals surface area contributed by atoms with Crippen LogP contribution in [0.25, 0.3) is 10.9 Å². The van der Waals surface area contributed by atoms with Crippen LogP contribution in [0.5, 0.6) is 0 Å². The number of aromatic amines is 1. The molecule has 0 fully saturated rings. The number of aromatic nitrogens is 1. The summed E-state index contributed by atoms with van der Waals surface area (Å²) in [6, 6.07) is 4.02. The minimum absolute atomic E-state index is 0.127. The van der Waals surface area contributed by atoms with Gasteiger partial charge in [0.05, 0.1) is 19.6 Å². The van der Waals surface area contributed by atoms with Gasteiger partial charge in [-0.3, -0.25) is 43.2 Å². The molecule has 23 heteroatoms. The molecule has 3 aromatic rings. The summed E-state index contributed by atoms with van der Waals surface area (Å²) < 4.78 is 18.9. The monoisotopic (exact) mass is 870 g/mol. The van der Waals surface area contributed by atoms with Gasteiger partial charge < -0.3 is 62.7 Å². The smallest absolute Gasteiger partial charge is 0.407 e. The number of carboxylic acid groups (broad SMARTS) is 3. The summed E-state index contributed by atoms with van der Waals surface area (Å²) in [5, 5.41) is 42.0. The highest BCUT2D eigenvalue weighted by Crippen LogP contribution is 2.20. The zero-order chi connectivity index (χ0) is 45.9. The number of carboxylic acids is 3. The van der Waals surface area contributed by atoms with E-state index in [9.17, 15) is 62.5 Å². The van der Waals surface area contributed by atoms with Crippen molar-refractivity contribution >= 4 is 70.3 Å². The Bertz CT molecular complexity index is 2150. The Morgan fingerprint density at radius 1 is 0.694 bits per heavy atom. The van der Waals surface area contributed by atoms with Crippen LogP contribution < -0.4 is 37.6 Å². The number of fused-ring (bicyclic) bond motifs is 1. The quantitative estimate of drug-likeness (QED) is 0.0484. The van der Waals surface area contributed by atoms with Gasteiger partial charge in [-0.25, -0.2) is 9.18 Å². The summed E-state index contributed by atoms with van der Waals surface area (Å²) >= 11 is 0. The van der Waals surface area contributed by atoms with Crippen LogP contribution in [0.3, 0.4) is 0 Å². The number of hydrogen-bond donors (Lipinski definition) is 11. The van der Waals surface area contributed by atoms with Gasteiger partial charge in [0.2, 0.25) is 35.4 Å². The van der Waals surface area contributed by atoms with Crippen LogP contribution in [-0.2, 0) is 60.7 Å². The standard InChI is InChI=1S/C39H47FN8O14/c1-2-62-39(61)48-29(17-33(54)55)38(60)46-26(11-13-32(52)53)35(57)43-19-30(49)44-27(15-20-6-5-7-22(40)14-20)36(58)47-28(16-21-18-42-24-9-4-3-8-23(21)24)37(59)45-25(34(41)56)10-12-31(50)51/h3-9,14,18,25-29,42H,2,10-13,15-17,19H2,1H3,(H2,41,56)(H,43,57)(H,44,49)(H,45,59)(H,46,60)(H,47,58)(H,48,61)(H,50,51)(H,52,53)(H,54,55). The van der Waals surface area contributed by atoms with Crippen molar-refractivity contribution in [2.24, 2.45) is 5.73 Å². The lowest BCUT2D eigenvalue weighted by Gasteiger charge is -2.25. The normalized spacial score (nSPS) is 13.2. The fraction of sp³-hybridized carbons (Fsp3) is 0.385. The first-order valence-corrected chi connectivity index (χ1v) is 19.0. The number of carbonyl (C=O) groups is 10. The van der Waals surface area contributed by atoms with E-state index >= 15 is 0 Å². The van der Waals surface area contributed by atoms with Crippen molar-refractivity contribution in [2.45, 2.75) is 82.1 Å².